The fourth-order valence-electron chi connectivity index (χ4n) is 2.23. The molecule has 10 heteroatoms. The standard InChI is InChI=1S/C17H19N3O7/c1-10(2)17(3,9-18)19-15(21)8-27-16(22)11-6-13-14(26-5-4-25-13)7-12(11)20(23)24/h6-7,10H,4-5,8H2,1-3H3,(H,19,21)/t17-/m1/s1. The fourth-order valence-corrected chi connectivity index (χ4v) is 2.23. The largest absolute Gasteiger partial charge is 0.486 e. The average Bonchev–Trinajstić information content (AvgIpc) is 2.64. The third kappa shape index (κ3) is 4.44. The number of ether oxygens (including phenoxy) is 3. The topological polar surface area (TPSA) is 141 Å². The van der Waals surface area contributed by atoms with Crippen molar-refractivity contribution < 1.29 is 28.7 Å². The highest BCUT2D eigenvalue weighted by atomic mass is 16.6. The number of rotatable bonds is 6. The number of nitrogens with one attached hydrogen (secondary N) is 1. The lowest BCUT2D eigenvalue weighted by molar-refractivity contribution is -0.385. The molecule has 0 unspecified atom stereocenters. The van der Waals surface area contributed by atoms with Gasteiger partial charge in [-0.25, -0.2) is 4.79 Å². The van der Waals surface area contributed by atoms with Gasteiger partial charge in [-0.3, -0.25) is 14.9 Å². The van der Waals surface area contributed by atoms with E-state index in [1.807, 2.05) is 6.07 Å². The Kier molecular flexibility index (Phi) is 5.85. The van der Waals surface area contributed by atoms with Crippen LogP contribution in [0.3, 0.4) is 0 Å². The Hall–Kier alpha value is -3.35. The van der Waals surface area contributed by atoms with Crippen LogP contribution in [0.1, 0.15) is 31.1 Å². The number of nitrogens with zero attached hydrogens (tertiary/aromatic N) is 2. The van der Waals surface area contributed by atoms with Crippen molar-refractivity contribution in [1.29, 1.82) is 5.26 Å². The van der Waals surface area contributed by atoms with Gasteiger partial charge in [-0.05, 0) is 12.8 Å². The SMILES string of the molecule is CC(C)[C@@](C)(C#N)NC(=O)COC(=O)c1cc2c(cc1[N+](=O)[O-])OCCO2. The maximum Gasteiger partial charge on any atom is 0.345 e. The van der Waals surface area contributed by atoms with E-state index in [4.69, 9.17) is 14.2 Å². The molecule has 0 saturated heterocycles. The van der Waals surface area contributed by atoms with Gasteiger partial charge in [0.25, 0.3) is 11.6 Å². The Morgan fingerprint density at radius 3 is 2.48 bits per heavy atom. The minimum Gasteiger partial charge on any atom is -0.486 e. The number of nitro groups is 1. The van der Waals surface area contributed by atoms with Gasteiger partial charge >= 0.3 is 5.97 Å². The van der Waals surface area contributed by atoms with Gasteiger partial charge in [0, 0.05) is 6.07 Å². The highest BCUT2D eigenvalue weighted by molar-refractivity contribution is 5.96. The lowest BCUT2D eigenvalue weighted by Gasteiger charge is -2.27. The molecule has 1 atom stereocenters. The minimum atomic E-state index is -1.13. The van der Waals surface area contributed by atoms with Gasteiger partial charge in [0.15, 0.2) is 18.1 Å². The van der Waals surface area contributed by atoms with E-state index in [1.165, 1.54) is 0 Å². The highest BCUT2D eigenvalue weighted by Gasteiger charge is 2.31. The normalized spacial score (nSPS) is 14.6. The van der Waals surface area contributed by atoms with Crippen molar-refractivity contribution in [2.45, 2.75) is 26.3 Å². The van der Waals surface area contributed by atoms with Crippen molar-refractivity contribution in [2.24, 2.45) is 5.92 Å². The first kappa shape index (κ1) is 20.0. The number of hydrogen-bond acceptors (Lipinski definition) is 8. The second-order valence-corrected chi connectivity index (χ2v) is 6.36. The maximum atomic E-state index is 12.3. The number of nitro benzene ring substituents is 1. The molecule has 0 aliphatic carbocycles. The minimum absolute atomic E-state index is 0.156. The molecule has 1 amide bonds. The molecular formula is C17H19N3O7. The van der Waals surface area contributed by atoms with Crippen LogP contribution in [0.2, 0.25) is 0 Å². The van der Waals surface area contributed by atoms with Gasteiger partial charge in [0.05, 0.1) is 17.1 Å². The molecule has 27 heavy (non-hydrogen) atoms. The Morgan fingerprint density at radius 2 is 1.96 bits per heavy atom. The summed E-state index contributed by atoms with van der Waals surface area (Å²) in [6.07, 6.45) is 0. The highest BCUT2D eigenvalue weighted by Crippen LogP contribution is 2.36. The number of hydrogen-bond donors (Lipinski definition) is 1. The molecule has 0 spiro atoms. The Morgan fingerprint density at radius 1 is 1.37 bits per heavy atom. The molecule has 0 fully saturated rings. The number of carbonyl (C=O) groups excluding carboxylic acids is 2. The number of amides is 1. The van der Waals surface area contributed by atoms with Crippen LogP contribution in [0, 0.1) is 27.4 Å². The van der Waals surface area contributed by atoms with Crippen LogP contribution in [0.4, 0.5) is 5.69 Å². The first-order valence-corrected chi connectivity index (χ1v) is 8.15. The van der Waals surface area contributed by atoms with E-state index in [0.29, 0.717) is 0 Å². The second kappa shape index (κ2) is 7.90. The van der Waals surface area contributed by atoms with Crippen LogP contribution in [0.5, 0.6) is 11.5 Å². The molecule has 1 aliphatic rings. The van der Waals surface area contributed by atoms with Crippen LogP contribution >= 0.6 is 0 Å². The zero-order chi connectivity index (χ0) is 20.2. The van der Waals surface area contributed by atoms with E-state index >= 15 is 0 Å². The molecular weight excluding hydrogens is 358 g/mol. The van der Waals surface area contributed by atoms with Crippen LogP contribution in [0.15, 0.2) is 12.1 Å². The van der Waals surface area contributed by atoms with Gasteiger partial charge < -0.3 is 19.5 Å². The van der Waals surface area contributed by atoms with E-state index in [2.05, 4.69) is 5.32 Å². The summed E-state index contributed by atoms with van der Waals surface area (Å²) in [7, 11) is 0. The molecule has 10 nitrogen and oxygen atoms in total. The summed E-state index contributed by atoms with van der Waals surface area (Å²) in [6, 6.07) is 4.23. The van der Waals surface area contributed by atoms with Crippen LogP contribution < -0.4 is 14.8 Å². The number of nitriles is 1. The summed E-state index contributed by atoms with van der Waals surface area (Å²) in [6.45, 7) is 4.85. The van der Waals surface area contributed by atoms with Crippen molar-refractivity contribution >= 4 is 17.6 Å². The quantitative estimate of drug-likeness (QED) is 0.447. The first-order valence-electron chi connectivity index (χ1n) is 8.15. The third-order valence-electron chi connectivity index (χ3n) is 4.20. The van der Waals surface area contributed by atoms with E-state index in [0.717, 1.165) is 12.1 Å². The third-order valence-corrected chi connectivity index (χ3v) is 4.20. The summed E-state index contributed by atoms with van der Waals surface area (Å²) in [5.74, 6) is -1.59. The number of fused-ring (bicyclic) bond motifs is 1. The Balaban J connectivity index is 2.13. The number of esters is 1. The van der Waals surface area contributed by atoms with Gasteiger partial charge in [-0.2, -0.15) is 5.26 Å². The smallest absolute Gasteiger partial charge is 0.345 e. The number of carbonyl (C=O) groups is 2. The van der Waals surface area contributed by atoms with Crippen LogP contribution in [0.25, 0.3) is 0 Å². The van der Waals surface area contributed by atoms with Gasteiger partial charge in [0.2, 0.25) is 0 Å². The average molecular weight is 377 g/mol. The van der Waals surface area contributed by atoms with Crippen LogP contribution in [-0.2, 0) is 9.53 Å². The van der Waals surface area contributed by atoms with E-state index in [1.54, 1.807) is 20.8 Å². The van der Waals surface area contributed by atoms with Crippen LogP contribution in [-0.4, -0.2) is 42.2 Å². The summed E-state index contributed by atoms with van der Waals surface area (Å²) < 4.78 is 15.5. The summed E-state index contributed by atoms with van der Waals surface area (Å²) in [5.41, 5.74) is -2.01. The zero-order valence-electron chi connectivity index (χ0n) is 15.1. The van der Waals surface area contributed by atoms with E-state index in [-0.39, 0.29) is 36.2 Å². The molecule has 1 N–H and O–H groups in total. The molecule has 144 valence electrons. The monoisotopic (exact) mass is 377 g/mol. The second-order valence-electron chi connectivity index (χ2n) is 6.36. The Bertz CT molecular complexity index is 815. The van der Waals surface area contributed by atoms with Crippen molar-refractivity contribution in [3.05, 3.63) is 27.8 Å². The summed E-state index contributed by atoms with van der Waals surface area (Å²) >= 11 is 0. The van der Waals surface area contributed by atoms with Crippen molar-refractivity contribution in [3.63, 3.8) is 0 Å². The van der Waals surface area contributed by atoms with Gasteiger partial charge in [-0.15, -0.1) is 0 Å². The van der Waals surface area contributed by atoms with E-state index < -0.39 is 34.6 Å². The molecule has 0 aromatic heterocycles. The maximum absolute atomic E-state index is 12.3. The molecule has 0 bridgehead atoms. The van der Waals surface area contributed by atoms with Crippen molar-refractivity contribution in [3.8, 4) is 17.6 Å². The Labute approximate surface area is 155 Å². The molecule has 1 aromatic rings. The molecule has 2 rings (SSSR count). The van der Waals surface area contributed by atoms with Crippen molar-refractivity contribution in [1.82, 2.24) is 5.32 Å². The number of benzene rings is 1. The summed E-state index contributed by atoms with van der Waals surface area (Å²) in [5, 5.41) is 22.9. The molecule has 0 saturated carbocycles. The molecule has 1 heterocycles. The van der Waals surface area contributed by atoms with Gasteiger partial charge in [0.1, 0.15) is 24.3 Å². The molecule has 0 radical (unpaired) electrons. The molecule has 1 aliphatic heterocycles. The summed E-state index contributed by atoms with van der Waals surface area (Å²) in [4.78, 5) is 34.7. The predicted molar refractivity (Wildman–Crippen MR) is 91.4 cm³/mol. The fraction of sp³-hybridized carbons (Fsp3) is 0.471. The van der Waals surface area contributed by atoms with Gasteiger partial charge in [-0.1, -0.05) is 13.8 Å². The molecule has 1 aromatic carbocycles. The predicted octanol–water partition coefficient (Wildman–Crippen LogP) is 1.58. The zero-order valence-corrected chi connectivity index (χ0v) is 15.1. The first-order chi connectivity index (χ1) is 12.7. The lowest BCUT2D eigenvalue weighted by atomic mass is 9.90. The van der Waals surface area contributed by atoms with E-state index in [9.17, 15) is 25.0 Å². The lowest BCUT2D eigenvalue weighted by Crippen LogP contribution is -2.50. The van der Waals surface area contributed by atoms with Crippen molar-refractivity contribution in [2.75, 3.05) is 19.8 Å².